The molecule has 0 saturated carbocycles. The van der Waals surface area contributed by atoms with Crippen LogP contribution in [0, 0.1) is 27.2 Å². The average molecular weight is 241 g/mol. The molecule has 8 nitrogen and oxygen atoms in total. The lowest BCUT2D eigenvalue weighted by Gasteiger charge is -2.11. The summed E-state index contributed by atoms with van der Waals surface area (Å²) in [5.41, 5.74) is -0.0498. The van der Waals surface area contributed by atoms with Crippen LogP contribution in [-0.2, 0) is 4.84 Å². The molecule has 0 bridgehead atoms. The normalized spacial score (nSPS) is 12.2. The SMILES string of the molecule is Cc1c(C(C)ON)cc([N+](=O)[O-])cc1[N+](=O)[O-]. The molecule has 0 aliphatic carbocycles. The van der Waals surface area contributed by atoms with Gasteiger partial charge in [-0.15, -0.1) is 0 Å². The summed E-state index contributed by atoms with van der Waals surface area (Å²) in [6.45, 7) is 3.04. The van der Waals surface area contributed by atoms with Crippen LogP contribution >= 0.6 is 0 Å². The fourth-order valence-electron chi connectivity index (χ4n) is 1.50. The van der Waals surface area contributed by atoms with Crippen LogP contribution < -0.4 is 5.90 Å². The zero-order chi connectivity index (χ0) is 13.2. The quantitative estimate of drug-likeness (QED) is 0.633. The standard InChI is InChI=1S/C9H11N3O5/c1-5-8(6(2)17-10)3-7(11(13)14)4-9(5)12(15)16/h3-4,6H,10H2,1-2H3. The number of hydrogen-bond donors (Lipinski definition) is 1. The molecular weight excluding hydrogens is 230 g/mol. The Bertz CT molecular complexity index is 474. The van der Waals surface area contributed by atoms with Gasteiger partial charge in [-0.1, -0.05) is 0 Å². The summed E-state index contributed by atoms with van der Waals surface area (Å²) in [6, 6.07) is 2.14. The van der Waals surface area contributed by atoms with Crippen molar-refractivity contribution in [1.29, 1.82) is 0 Å². The molecule has 1 rings (SSSR count). The molecule has 1 aromatic rings. The molecule has 1 unspecified atom stereocenters. The Morgan fingerprint density at radius 2 is 1.88 bits per heavy atom. The zero-order valence-corrected chi connectivity index (χ0v) is 9.25. The Morgan fingerprint density at radius 3 is 2.29 bits per heavy atom. The van der Waals surface area contributed by atoms with Crippen LogP contribution in [0.1, 0.15) is 24.2 Å². The van der Waals surface area contributed by atoms with Gasteiger partial charge >= 0.3 is 0 Å². The van der Waals surface area contributed by atoms with Crippen LogP contribution in [0.25, 0.3) is 0 Å². The van der Waals surface area contributed by atoms with Gasteiger partial charge in [0.15, 0.2) is 0 Å². The van der Waals surface area contributed by atoms with Gasteiger partial charge in [0.1, 0.15) is 6.10 Å². The number of non-ortho nitro benzene ring substituents is 1. The van der Waals surface area contributed by atoms with Crippen molar-refractivity contribution in [3.05, 3.63) is 43.5 Å². The second-order valence-electron chi connectivity index (χ2n) is 3.47. The first kappa shape index (κ1) is 13.0. The molecule has 0 fully saturated rings. The largest absolute Gasteiger partial charge is 0.297 e. The van der Waals surface area contributed by atoms with Crippen molar-refractivity contribution in [3.63, 3.8) is 0 Å². The molecule has 92 valence electrons. The van der Waals surface area contributed by atoms with E-state index in [1.807, 2.05) is 0 Å². The summed E-state index contributed by atoms with van der Waals surface area (Å²) in [5.74, 6) is 4.99. The minimum absolute atomic E-state index is 0.304. The highest BCUT2D eigenvalue weighted by Gasteiger charge is 2.23. The van der Waals surface area contributed by atoms with Crippen molar-refractivity contribution in [3.8, 4) is 0 Å². The topological polar surface area (TPSA) is 122 Å². The van der Waals surface area contributed by atoms with Gasteiger partial charge in [0.25, 0.3) is 11.4 Å². The van der Waals surface area contributed by atoms with E-state index in [-0.39, 0.29) is 11.4 Å². The molecule has 0 amide bonds. The maximum atomic E-state index is 10.8. The molecule has 0 spiro atoms. The van der Waals surface area contributed by atoms with Crippen molar-refractivity contribution in [2.45, 2.75) is 20.0 Å². The lowest BCUT2D eigenvalue weighted by atomic mass is 10.0. The molecular formula is C9H11N3O5. The van der Waals surface area contributed by atoms with E-state index in [9.17, 15) is 20.2 Å². The predicted molar refractivity (Wildman–Crippen MR) is 58.2 cm³/mol. The first-order chi connectivity index (χ1) is 7.88. The number of nitrogens with two attached hydrogens (primary N) is 1. The zero-order valence-electron chi connectivity index (χ0n) is 9.25. The van der Waals surface area contributed by atoms with Crippen molar-refractivity contribution >= 4 is 11.4 Å². The number of rotatable bonds is 4. The first-order valence-corrected chi connectivity index (χ1v) is 4.67. The minimum atomic E-state index is -0.695. The second kappa shape index (κ2) is 4.85. The maximum Gasteiger partial charge on any atom is 0.279 e. The Labute approximate surface area is 96.2 Å². The number of benzene rings is 1. The molecule has 1 aromatic carbocycles. The predicted octanol–water partition coefficient (Wildman–Crippen LogP) is 1.76. The summed E-state index contributed by atoms with van der Waals surface area (Å²) in [7, 11) is 0. The van der Waals surface area contributed by atoms with Crippen LogP contribution in [0.5, 0.6) is 0 Å². The van der Waals surface area contributed by atoms with Crippen LogP contribution in [0.2, 0.25) is 0 Å². The van der Waals surface area contributed by atoms with E-state index < -0.39 is 16.0 Å². The van der Waals surface area contributed by atoms with E-state index in [0.717, 1.165) is 6.07 Å². The van der Waals surface area contributed by atoms with Gasteiger partial charge in [-0.2, -0.15) is 0 Å². The number of nitro benzene ring substituents is 2. The van der Waals surface area contributed by atoms with Gasteiger partial charge in [0.2, 0.25) is 0 Å². The molecule has 0 radical (unpaired) electrons. The highest BCUT2D eigenvalue weighted by molar-refractivity contribution is 5.53. The molecule has 2 N–H and O–H groups in total. The Morgan fingerprint density at radius 1 is 1.29 bits per heavy atom. The molecule has 0 aromatic heterocycles. The first-order valence-electron chi connectivity index (χ1n) is 4.67. The summed E-state index contributed by atoms with van der Waals surface area (Å²) < 4.78 is 0. The third kappa shape index (κ3) is 2.55. The second-order valence-corrected chi connectivity index (χ2v) is 3.47. The van der Waals surface area contributed by atoms with Gasteiger partial charge in [0, 0.05) is 11.6 Å². The van der Waals surface area contributed by atoms with Gasteiger partial charge in [0.05, 0.1) is 15.9 Å². The highest BCUT2D eigenvalue weighted by Crippen LogP contribution is 2.32. The Kier molecular flexibility index (Phi) is 3.71. The number of hydrogen-bond acceptors (Lipinski definition) is 6. The van der Waals surface area contributed by atoms with Crippen LogP contribution in [0.4, 0.5) is 11.4 Å². The third-order valence-corrected chi connectivity index (χ3v) is 2.45. The summed E-state index contributed by atoms with van der Waals surface area (Å²) in [6.07, 6.45) is -0.659. The number of nitrogens with zero attached hydrogens (tertiary/aromatic N) is 2. The van der Waals surface area contributed by atoms with E-state index in [2.05, 4.69) is 4.84 Å². The summed E-state index contributed by atoms with van der Waals surface area (Å²) in [4.78, 5) is 24.6. The van der Waals surface area contributed by atoms with Crippen molar-refractivity contribution in [2.75, 3.05) is 0 Å². The van der Waals surface area contributed by atoms with Gasteiger partial charge < -0.3 is 0 Å². The Hall–Kier alpha value is -2.06. The van der Waals surface area contributed by atoms with E-state index in [0.29, 0.717) is 11.1 Å². The van der Waals surface area contributed by atoms with E-state index in [4.69, 9.17) is 5.90 Å². The van der Waals surface area contributed by atoms with E-state index >= 15 is 0 Å². The third-order valence-electron chi connectivity index (χ3n) is 2.45. The molecule has 0 heterocycles. The Balaban J connectivity index is 3.48. The van der Waals surface area contributed by atoms with Gasteiger partial charge in [-0.25, -0.2) is 5.90 Å². The van der Waals surface area contributed by atoms with Crippen LogP contribution in [0.3, 0.4) is 0 Å². The van der Waals surface area contributed by atoms with E-state index in [1.165, 1.54) is 13.0 Å². The van der Waals surface area contributed by atoms with Crippen LogP contribution in [0.15, 0.2) is 12.1 Å². The van der Waals surface area contributed by atoms with E-state index in [1.54, 1.807) is 6.92 Å². The molecule has 1 atom stereocenters. The monoisotopic (exact) mass is 241 g/mol. The van der Waals surface area contributed by atoms with Crippen LogP contribution in [-0.4, -0.2) is 9.85 Å². The lowest BCUT2D eigenvalue weighted by Crippen LogP contribution is -2.09. The fraction of sp³-hybridized carbons (Fsp3) is 0.333. The fourth-order valence-corrected chi connectivity index (χ4v) is 1.50. The molecule has 8 heteroatoms. The minimum Gasteiger partial charge on any atom is -0.297 e. The molecule has 0 saturated heterocycles. The van der Waals surface area contributed by atoms with Gasteiger partial charge in [-0.3, -0.25) is 25.1 Å². The van der Waals surface area contributed by atoms with Gasteiger partial charge in [-0.05, 0) is 19.4 Å². The maximum absolute atomic E-state index is 10.8. The molecule has 17 heavy (non-hydrogen) atoms. The highest BCUT2D eigenvalue weighted by atomic mass is 16.6. The van der Waals surface area contributed by atoms with Crippen molar-refractivity contribution in [1.82, 2.24) is 0 Å². The molecule has 0 aliphatic rings. The van der Waals surface area contributed by atoms with Crippen molar-refractivity contribution in [2.24, 2.45) is 5.90 Å². The number of nitro groups is 2. The average Bonchev–Trinajstić information content (AvgIpc) is 2.27. The smallest absolute Gasteiger partial charge is 0.279 e. The summed E-state index contributed by atoms with van der Waals surface area (Å²) >= 11 is 0. The lowest BCUT2D eigenvalue weighted by molar-refractivity contribution is -0.394. The summed E-state index contributed by atoms with van der Waals surface area (Å²) in [5, 5.41) is 21.4. The molecule has 0 aliphatic heterocycles. The van der Waals surface area contributed by atoms with Crippen molar-refractivity contribution < 1.29 is 14.7 Å².